The maximum Gasteiger partial charge on any atom is 0.251 e. The Balaban J connectivity index is 2.21. The van der Waals surface area contributed by atoms with E-state index in [4.69, 9.17) is 21.3 Å². The van der Waals surface area contributed by atoms with E-state index < -0.39 is 6.04 Å². The number of aliphatic imine (C=N–C) groups is 1. The van der Waals surface area contributed by atoms with Crippen LogP contribution < -0.4 is 5.32 Å². The van der Waals surface area contributed by atoms with Crippen LogP contribution in [-0.4, -0.2) is 30.9 Å². The van der Waals surface area contributed by atoms with E-state index in [1.165, 1.54) is 0 Å². The lowest BCUT2D eigenvalue weighted by atomic mass is 10.0. The highest BCUT2D eigenvalue weighted by molar-refractivity contribution is 6.32. The minimum atomic E-state index is -0.624. The molecule has 0 fully saturated rings. The highest BCUT2D eigenvalue weighted by Crippen LogP contribution is 2.28. The summed E-state index contributed by atoms with van der Waals surface area (Å²) in [5, 5.41) is 3.52. The van der Waals surface area contributed by atoms with Crippen LogP contribution in [-0.2, 0) is 9.53 Å². The Hall–Kier alpha value is -2.17. The fraction of sp³-hybridized carbons (Fsp3) is 0.222. The highest BCUT2D eigenvalue weighted by Gasteiger charge is 2.30. The summed E-state index contributed by atoms with van der Waals surface area (Å²) in [7, 11) is 1.57. The maximum atomic E-state index is 12.5. The topological polar surface area (TPSA) is 50.7 Å². The molecule has 1 aliphatic rings. The van der Waals surface area contributed by atoms with Crippen LogP contribution in [0, 0.1) is 0 Å². The third-order valence-electron chi connectivity index (χ3n) is 3.90. The third-order valence-corrected chi connectivity index (χ3v) is 4.13. The van der Waals surface area contributed by atoms with Gasteiger partial charge in [-0.25, -0.2) is 0 Å². The van der Waals surface area contributed by atoms with E-state index in [9.17, 15) is 4.79 Å². The zero-order valence-corrected chi connectivity index (χ0v) is 13.7. The van der Waals surface area contributed by atoms with Gasteiger partial charge in [0.15, 0.2) is 6.04 Å². The van der Waals surface area contributed by atoms with E-state index >= 15 is 0 Å². The summed E-state index contributed by atoms with van der Waals surface area (Å²) in [6, 6.07) is 14.5. The number of ether oxygens (including phenoxy) is 1. The summed E-state index contributed by atoms with van der Waals surface area (Å²) in [4.78, 5) is 17.2. The molecule has 3 rings (SSSR count). The Morgan fingerprint density at radius 3 is 2.65 bits per heavy atom. The first-order valence-corrected chi connectivity index (χ1v) is 7.74. The summed E-state index contributed by atoms with van der Waals surface area (Å²) in [5.74, 6) is -0.186. The van der Waals surface area contributed by atoms with Crippen LogP contribution in [0.25, 0.3) is 0 Å². The van der Waals surface area contributed by atoms with Crippen LogP contribution in [0.5, 0.6) is 0 Å². The van der Waals surface area contributed by atoms with Crippen molar-refractivity contribution in [1.82, 2.24) is 0 Å². The molecule has 2 atom stereocenters. The zero-order chi connectivity index (χ0) is 16.4. The second kappa shape index (κ2) is 6.52. The number of rotatable bonds is 3. The lowest BCUT2D eigenvalue weighted by Crippen LogP contribution is -2.35. The zero-order valence-electron chi connectivity index (χ0n) is 12.9. The molecule has 2 aromatic carbocycles. The molecule has 0 radical (unpaired) electrons. The first-order chi connectivity index (χ1) is 11.1. The van der Waals surface area contributed by atoms with Gasteiger partial charge in [0.25, 0.3) is 5.91 Å². The molecule has 1 heterocycles. The average Bonchev–Trinajstić information content (AvgIpc) is 2.71. The molecule has 4 nitrogen and oxygen atoms in total. The number of carbonyl (C=O) groups excluding carboxylic acids is 1. The normalized spacial score (nSPS) is 18.5. The summed E-state index contributed by atoms with van der Waals surface area (Å²) in [6.45, 7) is 1.83. The summed E-state index contributed by atoms with van der Waals surface area (Å²) < 4.78 is 5.33. The average molecular weight is 329 g/mol. The number of benzene rings is 2. The number of halogens is 1. The van der Waals surface area contributed by atoms with Gasteiger partial charge in [0.2, 0.25) is 0 Å². The smallest absolute Gasteiger partial charge is 0.251 e. The van der Waals surface area contributed by atoms with Crippen molar-refractivity contribution in [2.45, 2.75) is 19.1 Å². The Labute approximate surface area is 140 Å². The van der Waals surface area contributed by atoms with Crippen molar-refractivity contribution in [3.63, 3.8) is 0 Å². The molecular weight excluding hydrogens is 312 g/mol. The van der Waals surface area contributed by atoms with E-state index in [-0.39, 0.29) is 12.0 Å². The van der Waals surface area contributed by atoms with Crippen LogP contribution in [0.15, 0.2) is 53.5 Å². The molecule has 0 bridgehead atoms. The second-order valence-corrected chi connectivity index (χ2v) is 5.84. The molecule has 0 saturated heterocycles. The van der Waals surface area contributed by atoms with Gasteiger partial charge in [0, 0.05) is 23.3 Å². The molecule has 0 aliphatic carbocycles. The summed E-state index contributed by atoms with van der Waals surface area (Å²) >= 11 is 6.15. The first kappa shape index (κ1) is 15.7. The Morgan fingerprint density at radius 2 is 1.96 bits per heavy atom. The van der Waals surface area contributed by atoms with Crippen molar-refractivity contribution in [2.24, 2.45) is 4.99 Å². The van der Waals surface area contributed by atoms with E-state index in [0.717, 1.165) is 16.8 Å². The standard InChI is InChI=1S/C18H17ClN2O2/c1-11(23-2)16-18(22)20-15-9-8-13(19)10-14(15)17(21-16)12-6-4-3-5-7-12/h3-11,16H,1-2H3,(H,20,22)/t11-,16?/m1/s1. The predicted octanol–water partition coefficient (Wildman–Crippen LogP) is 3.53. The van der Waals surface area contributed by atoms with Gasteiger partial charge in [-0.2, -0.15) is 0 Å². The van der Waals surface area contributed by atoms with Crippen molar-refractivity contribution < 1.29 is 9.53 Å². The molecular formula is C18H17ClN2O2. The maximum absolute atomic E-state index is 12.5. The molecule has 1 amide bonds. The number of hydrogen-bond acceptors (Lipinski definition) is 3. The van der Waals surface area contributed by atoms with Crippen molar-refractivity contribution >= 4 is 28.9 Å². The number of hydrogen-bond donors (Lipinski definition) is 1. The quantitative estimate of drug-likeness (QED) is 0.937. The van der Waals surface area contributed by atoms with Crippen LogP contribution in [0.3, 0.4) is 0 Å². The van der Waals surface area contributed by atoms with Crippen LogP contribution in [0.1, 0.15) is 18.1 Å². The third kappa shape index (κ3) is 3.14. The van der Waals surface area contributed by atoms with Gasteiger partial charge in [-0.3, -0.25) is 9.79 Å². The van der Waals surface area contributed by atoms with Gasteiger partial charge < -0.3 is 10.1 Å². The first-order valence-electron chi connectivity index (χ1n) is 7.37. The lowest BCUT2D eigenvalue weighted by Gasteiger charge is -2.17. The Kier molecular flexibility index (Phi) is 4.46. The van der Waals surface area contributed by atoms with Gasteiger partial charge >= 0.3 is 0 Å². The number of carbonyl (C=O) groups is 1. The molecule has 0 aromatic heterocycles. The van der Waals surface area contributed by atoms with E-state index in [2.05, 4.69) is 5.32 Å². The van der Waals surface area contributed by atoms with Gasteiger partial charge in [-0.05, 0) is 25.1 Å². The number of methoxy groups -OCH3 is 1. The van der Waals surface area contributed by atoms with Crippen molar-refractivity contribution in [3.8, 4) is 0 Å². The predicted molar refractivity (Wildman–Crippen MR) is 92.4 cm³/mol. The minimum absolute atomic E-state index is 0.186. The fourth-order valence-corrected chi connectivity index (χ4v) is 2.74. The molecule has 1 aliphatic heterocycles. The molecule has 1 unspecified atom stereocenters. The van der Waals surface area contributed by atoms with E-state index in [1.807, 2.05) is 43.3 Å². The number of benzodiazepines with no additional fused rings is 1. The van der Waals surface area contributed by atoms with Gasteiger partial charge in [0.1, 0.15) is 0 Å². The second-order valence-electron chi connectivity index (χ2n) is 5.41. The van der Waals surface area contributed by atoms with Gasteiger partial charge in [0.05, 0.1) is 17.5 Å². The minimum Gasteiger partial charge on any atom is -0.379 e. The number of amides is 1. The van der Waals surface area contributed by atoms with Gasteiger partial charge in [-0.15, -0.1) is 0 Å². The number of nitrogens with zero attached hydrogens (tertiary/aromatic N) is 1. The van der Waals surface area contributed by atoms with Gasteiger partial charge in [-0.1, -0.05) is 41.9 Å². The molecule has 118 valence electrons. The largest absolute Gasteiger partial charge is 0.379 e. The number of fused-ring (bicyclic) bond motifs is 1. The Bertz CT molecular complexity index is 759. The van der Waals surface area contributed by atoms with Crippen LogP contribution in [0.4, 0.5) is 5.69 Å². The molecule has 1 N–H and O–H groups in total. The van der Waals surface area contributed by atoms with E-state index in [0.29, 0.717) is 10.7 Å². The van der Waals surface area contributed by atoms with Crippen LogP contribution in [0.2, 0.25) is 5.02 Å². The lowest BCUT2D eigenvalue weighted by molar-refractivity contribution is -0.119. The summed E-state index contributed by atoms with van der Waals surface area (Å²) in [6.07, 6.45) is -0.335. The fourth-order valence-electron chi connectivity index (χ4n) is 2.57. The number of nitrogens with one attached hydrogen (secondary N) is 1. The highest BCUT2D eigenvalue weighted by atomic mass is 35.5. The molecule has 0 spiro atoms. The molecule has 5 heteroatoms. The monoisotopic (exact) mass is 328 g/mol. The molecule has 23 heavy (non-hydrogen) atoms. The Morgan fingerprint density at radius 1 is 1.22 bits per heavy atom. The van der Waals surface area contributed by atoms with E-state index in [1.54, 1.807) is 19.2 Å². The van der Waals surface area contributed by atoms with Crippen molar-refractivity contribution in [3.05, 3.63) is 64.7 Å². The molecule has 2 aromatic rings. The van der Waals surface area contributed by atoms with Crippen molar-refractivity contribution in [2.75, 3.05) is 12.4 Å². The summed E-state index contributed by atoms with van der Waals surface area (Å²) in [5.41, 5.74) is 3.17. The van der Waals surface area contributed by atoms with Crippen molar-refractivity contribution in [1.29, 1.82) is 0 Å². The molecule has 0 saturated carbocycles. The van der Waals surface area contributed by atoms with Crippen LogP contribution >= 0.6 is 11.6 Å². The SMILES string of the molecule is CO[C@H](C)C1N=C(c2ccccc2)c2cc(Cl)ccc2NC1=O. The number of anilines is 1.